The first-order chi connectivity index (χ1) is 9.15. The fraction of sp³-hybridized carbons (Fsp3) is 0.462. The number of benzene rings is 1. The first-order valence-electron chi connectivity index (χ1n) is 6.24. The van der Waals surface area contributed by atoms with Gasteiger partial charge in [0.2, 0.25) is 0 Å². The first-order valence-corrected chi connectivity index (χ1v) is 7.53. The maximum atomic E-state index is 13.5. The van der Waals surface area contributed by atoms with Crippen molar-refractivity contribution in [2.45, 2.75) is 30.6 Å². The van der Waals surface area contributed by atoms with E-state index in [1.54, 1.807) is 6.07 Å². The normalized spacial score (nSPS) is 22.3. The molecule has 0 spiro atoms. The number of carbonyl (C=O) groups excluding carboxylic acids is 1. The standard InChI is InChI=1S/C13H18FN3OS/c1-19-9-6-5-8(7-9)16-13(18)10-3-2-4-11(14)12(10)17-15/h2-4,8-9,17H,5-7,15H2,1H3,(H,16,18). The van der Waals surface area contributed by atoms with E-state index >= 15 is 0 Å². The number of halogens is 1. The molecule has 0 aromatic heterocycles. The zero-order valence-electron chi connectivity index (χ0n) is 10.8. The molecule has 0 bridgehead atoms. The molecule has 1 saturated carbocycles. The number of nitrogen functional groups attached to an aromatic ring is 1. The summed E-state index contributed by atoms with van der Waals surface area (Å²) in [6.07, 6.45) is 5.13. The Morgan fingerprint density at radius 1 is 1.47 bits per heavy atom. The number of nitrogens with one attached hydrogen (secondary N) is 2. The van der Waals surface area contributed by atoms with Crippen LogP contribution in [0.2, 0.25) is 0 Å². The van der Waals surface area contributed by atoms with Crippen molar-refractivity contribution in [2.75, 3.05) is 11.7 Å². The first kappa shape index (κ1) is 14.1. The summed E-state index contributed by atoms with van der Waals surface area (Å²) in [5.41, 5.74) is 2.54. The minimum atomic E-state index is -0.524. The van der Waals surface area contributed by atoms with Crippen LogP contribution in [-0.4, -0.2) is 23.5 Å². The Kier molecular flexibility index (Phi) is 4.66. The maximum Gasteiger partial charge on any atom is 0.253 e. The van der Waals surface area contributed by atoms with E-state index in [9.17, 15) is 9.18 Å². The highest BCUT2D eigenvalue weighted by molar-refractivity contribution is 7.99. The van der Waals surface area contributed by atoms with Crippen molar-refractivity contribution in [1.29, 1.82) is 0 Å². The van der Waals surface area contributed by atoms with E-state index in [-0.39, 0.29) is 23.2 Å². The maximum absolute atomic E-state index is 13.5. The number of rotatable bonds is 4. The second-order valence-corrected chi connectivity index (χ2v) is 5.79. The van der Waals surface area contributed by atoms with Gasteiger partial charge in [0.05, 0.1) is 11.3 Å². The average molecular weight is 283 g/mol. The van der Waals surface area contributed by atoms with Crippen molar-refractivity contribution in [3.63, 3.8) is 0 Å². The van der Waals surface area contributed by atoms with Crippen LogP contribution in [0.25, 0.3) is 0 Å². The third-order valence-corrected chi connectivity index (χ3v) is 4.55. The van der Waals surface area contributed by atoms with Crippen molar-refractivity contribution in [3.05, 3.63) is 29.6 Å². The molecule has 1 aromatic carbocycles. The summed E-state index contributed by atoms with van der Waals surface area (Å²) in [6.45, 7) is 0. The summed E-state index contributed by atoms with van der Waals surface area (Å²) in [5.74, 6) is 4.46. The molecule has 6 heteroatoms. The van der Waals surface area contributed by atoms with E-state index in [2.05, 4.69) is 17.0 Å². The summed E-state index contributed by atoms with van der Waals surface area (Å²) < 4.78 is 13.5. The number of hydrogen-bond acceptors (Lipinski definition) is 4. The molecule has 1 aliphatic carbocycles. The number of carbonyl (C=O) groups is 1. The highest BCUT2D eigenvalue weighted by atomic mass is 32.2. The number of thioether (sulfide) groups is 1. The predicted octanol–water partition coefficient (Wildman–Crippen LogP) is 2.13. The number of para-hydroxylation sites is 1. The lowest BCUT2D eigenvalue weighted by Gasteiger charge is -2.15. The Hall–Kier alpha value is -1.27. The van der Waals surface area contributed by atoms with E-state index in [1.807, 2.05) is 11.8 Å². The Morgan fingerprint density at radius 2 is 2.26 bits per heavy atom. The van der Waals surface area contributed by atoms with Gasteiger partial charge in [-0.2, -0.15) is 11.8 Å². The molecule has 104 valence electrons. The lowest BCUT2D eigenvalue weighted by Crippen LogP contribution is -2.34. The van der Waals surface area contributed by atoms with Gasteiger partial charge in [0.25, 0.3) is 5.91 Å². The molecule has 1 aromatic rings. The van der Waals surface area contributed by atoms with Gasteiger partial charge in [-0.1, -0.05) is 6.07 Å². The molecule has 4 N–H and O–H groups in total. The molecule has 1 amide bonds. The molecule has 2 rings (SSSR count). The molecule has 0 heterocycles. The smallest absolute Gasteiger partial charge is 0.253 e. The number of hydrogen-bond donors (Lipinski definition) is 3. The van der Waals surface area contributed by atoms with Crippen molar-refractivity contribution < 1.29 is 9.18 Å². The number of amides is 1. The minimum Gasteiger partial charge on any atom is -0.349 e. The van der Waals surface area contributed by atoms with Crippen molar-refractivity contribution >= 4 is 23.4 Å². The second-order valence-electron chi connectivity index (χ2n) is 4.65. The third kappa shape index (κ3) is 3.19. The van der Waals surface area contributed by atoms with Crippen LogP contribution in [0.3, 0.4) is 0 Å². The molecular formula is C13H18FN3OS. The summed E-state index contributed by atoms with van der Waals surface area (Å²) in [6, 6.07) is 4.50. The number of anilines is 1. The van der Waals surface area contributed by atoms with Gasteiger partial charge in [-0.15, -0.1) is 0 Å². The van der Waals surface area contributed by atoms with Crippen LogP contribution in [0.15, 0.2) is 18.2 Å². The van der Waals surface area contributed by atoms with E-state index in [0.29, 0.717) is 5.25 Å². The summed E-state index contributed by atoms with van der Waals surface area (Å²) >= 11 is 1.83. The second kappa shape index (κ2) is 6.25. The van der Waals surface area contributed by atoms with Gasteiger partial charge in [0.1, 0.15) is 5.82 Å². The van der Waals surface area contributed by atoms with Crippen molar-refractivity contribution in [3.8, 4) is 0 Å². The summed E-state index contributed by atoms with van der Waals surface area (Å²) in [5, 5.41) is 3.55. The van der Waals surface area contributed by atoms with Gasteiger partial charge in [-0.3, -0.25) is 10.6 Å². The lowest BCUT2D eigenvalue weighted by molar-refractivity contribution is 0.0938. The van der Waals surface area contributed by atoms with E-state index in [4.69, 9.17) is 5.84 Å². The van der Waals surface area contributed by atoms with Gasteiger partial charge in [-0.25, -0.2) is 4.39 Å². The van der Waals surface area contributed by atoms with E-state index in [1.165, 1.54) is 12.1 Å². The zero-order valence-corrected chi connectivity index (χ0v) is 11.6. The molecule has 1 fully saturated rings. The van der Waals surface area contributed by atoms with Gasteiger partial charge in [-0.05, 0) is 37.7 Å². The number of hydrazine groups is 1. The molecule has 2 unspecified atom stereocenters. The molecule has 0 radical (unpaired) electrons. The largest absolute Gasteiger partial charge is 0.349 e. The van der Waals surface area contributed by atoms with Crippen LogP contribution in [-0.2, 0) is 0 Å². The summed E-state index contributed by atoms with van der Waals surface area (Å²) in [7, 11) is 0. The fourth-order valence-corrected chi connectivity index (χ4v) is 3.21. The highest BCUT2D eigenvalue weighted by Crippen LogP contribution is 2.28. The van der Waals surface area contributed by atoms with Crippen LogP contribution < -0.4 is 16.6 Å². The Balaban J connectivity index is 2.06. The van der Waals surface area contributed by atoms with E-state index in [0.717, 1.165) is 19.3 Å². The van der Waals surface area contributed by atoms with Crippen LogP contribution in [0.5, 0.6) is 0 Å². The van der Waals surface area contributed by atoms with Crippen LogP contribution >= 0.6 is 11.8 Å². The molecule has 0 saturated heterocycles. The molecular weight excluding hydrogens is 265 g/mol. The monoisotopic (exact) mass is 283 g/mol. The quantitative estimate of drug-likeness (QED) is 0.585. The zero-order chi connectivity index (χ0) is 13.8. The molecule has 1 aliphatic rings. The fourth-order valence-electron chi connectivity index (χ4n) is 2.41. The predicted molar refractivity (Wildman–Crippen MR) is 76.6 cm³/mol. The minimum absolute atomic E-state index is 0.0411. The molecule has 4 nitrogen and oxygen atoms in total. The SMILES string of the molecule is CSC1CCC(NC(=O)c2cccc(F)c2NN)C1. The van der Waals surface area contributed by atoms with Crippen molar-refractivity contribution in [1.82, 2.24) is 5.32 Å². The topological polar surface area (TPSA) is 67.2 Å². The third-order valence-electron chi connectivity index (χ3n) is 3.46. The van der Waals surface area contributed by atoms with Crippen LogP contribution in [0.4, 0.5) is 10.1 Å². The highest BCUT2D eigenvalue weighted by Gasteiger charge is 2.26. The van der Waals surface area contributed by atoms with Crippen LogP contribution in [0.1, 0.15) is 29.6 Å². The van der Waals surface area contributed by atoms with Crippen molar-refractivity contribution in [2.24, 2.45) is 5.84 Å². The van der Waals surface area contributed by atoms with Gasteiger partial charge >= 0.3 is 0 Å². The Bertz CT molecular complexity index is 469. The summed E-state index contributed by atoms with van der Waals surface area (Å²) in [4.78, 5) is 12.1. The molecule has 2 atom stereocenters. The Morgan fingerprint density at radius 3 is 2.89 bits per heavy atom. The Labute approximate surface area is 116 Å². The molecule has 0 aliphatic heterocycles. The van der Waals surface area contributed by atoms with Gasteiger partial charge in [0.15, 0.2) is 0 Å². The molecule has 19 heavy (non-hydrogen) atoms. The van der Waals surface area contributed by atoms with Gasteiger partial charge < -0.3 is 10.7 Å². The van der Waals surface area contributed by atoms with Gasteiger partial charge in [0, 0.05) is 11.3 Å². The lowest BCUT2D eigenvalue weighted by atomic mass is 10.1. The number of nitrogens with two attached hydrogens (primary N) is 1. The van der Waals surface area contributed by atoms with E-state index < -0.39 is 5.82 Å². The van der Waals surface area contributed by atoms with Crippen LogP contribution in [0, 0.1) is 5.82 Å². The average Bonchev–Trinajstić information content (AvgIpc) is 2.86.